The Kier molecular flexibility index (Phi) is 5.49. The smallest absolute Gasteiger partial charge is 0.256 e. The van der Waals surface area contributed by atoms with Crippen LogP contribution in [0.2, 0.25) is 0 Å². The summed E-state index contributed by atoms with van der Waals surface area (Å²) in [6, 6.07) is 2.15. The number of aryl methyl sites for hydroxylation is 1. The van der Waals surface area contributed by atoms with E-state index in [1.54, 1.807) is 0 Å². The van der Waals surface area contributed by atoms with Gasteiger partial charge in [-0.2, -0.15) is 5.26 Å². The van der Waals surface area contributed by atoms with Gasteiger partial charge in [-0.05, 0) is 12.8 Å². The van der Waals surface area contributed by atoms with E-state index in [4.69, 9.17) is 10.00 Å². The highest BCUT2D eigenvalue weighted by molar-refractivity contribution is 4.79. The third kappa shape index (κ3) is 4.13. The molecule has 0 saturated carbocycles. The maximum atomic E-state index is 8.45. The first kappa shape index (κ1) is 11.7. The molecule has 0 radical (unpaired) electrons. The Morgan fingerprint density at radius 2 is 2.47 bits per heavy atom. The third-order valence-corrected chi connectivity index (χ3v) is 2.13. The van der Waals surface area contributed by atoms with Crippen LogP contribution in [0.15, 0.2) is 12.4 Å². The van der Waals surface area contributed by atoms with Crippen molar-refractivity contribution in [3.8, 4) is 6.07 Å². The van der Waals surface area contributed by atoms with Gasteiger partial charge in [-0.1, -0.05) is 6.92 Å². The van der Waals surface area contributed by atoms with Gasteiger partial charge in [0.2, 0.25) is 0 Å². The lowest BCUT2D eigenvalue weighted by Crippen LogP contribution is -2.37. The minimum absolute atomic E-state index is 0.596. The summed E-state index contributed by atoms with van der Waals surface area (Å²) in [5.41, 5.74) is 0. The maximum absolute atomic E-state index is 8.45. The number of imidazole rings is 1. The topological polar surface area (TPSA) is 52.7 Å². The van der Waals surface area contributed by atoms with E-state index in [1.807, 2.05) is 17.0 Å². The van der Waals surface area contributed by atoms with E-state index in [-0.39, 0.29) is 0 Å². The monoisotopic (exact) mass is 208 g/mol. The summed E-state index contributed by atoms with van der Waals surface area (Å²) >= 11 is 0. The molecule has 4 nitrogen and oxygen atoms in total. The summed E-state index contributed by atoms with van der Waals surface area (Å²) < 4.78 is 7.50. The van der Waals surface area contributed by atoms with Gasteiger partial charge in [0.05, 0.1) is 19.1 Å². The Labute approximate surface area is 90.5 Å². The van der Waals surface area contributed by atoms with Crippen LogP contribution in [0.5, 0.6) is 0 Å². The second-order valence-corrected chi connectivity index (χ2v) is 3.43. The van der Waals surface area contributed by atoms with Crippen LogP contribution in [0.3, 0.4) is 0 Å². The molecule has 0 spiro atoms. The van der Waals surface area contributed by atoms with Gasteiger partial charge >= 0.3 is 0 Å². The zero-order valence-corrected chi connectivity index (χ0v) is 9.20. The molecular weight excluding hydrogens is 190 g/mol. The van der Waals surface area contributed by atoms with E-state index < -0.39 is 0 Å². The highest BCUT2D eigenvalue weighted by Gasteiger charge is 2.09. The van der Waals surface area contributed by atoms with Crippen LogP contribution in [0, 0.1) is 11.3 Å². The fraction of sp³-hybridized carbons (Fsp3) is 0.636. The second kappa shape index (κ2) is 7.02. The van der Waals surface area contributed by atoms with Crippen molar-refractivity contribution in [3.63, 3.8) is 0 Å². The molecule has 82 valence electrons. The molecular formula is C11H18N3O+. The summed E-state index contributed by atoms with van der Waals surface area (Å²) in [7, 11) is 0. The van der Waals surface area contributed by atoms with Crippen LogP contribution < -0.4 is 4.57 Å². The summed E-state index contributed by atoms with van der Waals surface area (Å²) in [6.07, 6.45) is 7.30. The van der Waals surface area contributed by atoms with Crippen molar-refractivity contribution in [1.82, 2.24) is 4.98 Å². The minimum atomic E-state index is 0.596. The average molecular weight is 208 g/mol. The van der Waals surface area contributed by atoms with Crippen molar-refractivity contribution in [2.24, 2.45) is 0 Å². The molecule has 0 bridgehead atoms. The van der Waals surface area contributed by atoms with Crippen molar-refractivity contribution in [2.75, 3.05) is 6.61 Å². The molecule has 0 amide bonds. The van der Waals surface area contributed by atoms with Gasteiger partial charge in [-0.15, -0.1) is 0 Å². The Balaban J connectivity index is 2.36. The number of hydrogen-bond acceptors (Lipinski definition) is 2. The largest absolute Gasteiger partial charge is 0.342 e. The number of hydrogen-bond donors (Lipinski definition) is 1. The Morgan fingerprint density at radius 1 is 1.60 bits per heavy atom. The number of nitrogens with zero attached hydrogens (tertiary/aromatic N) is 2. The lowest BCUT2D eigenvalue weighted by atomic mass is 10.2. The average Bonchev–Trinajstić information content (AvgIpc) is 2.67. The fourth-order valence-electron chi connectivity index (χ4n) is 1.38. The summed E-state index contributed by atoms with van der Waals surface area (Å²) in [5, 5.41) is 8.45. The molecule has 4 heteroatoms. The van der Waals surface area contributed by atoms with Crippen molar-refractivity contribution in [1.29, 1.82) is 5.26 Å². The van der Waals surface area contributed by atoms with Crippen LogP contribution in [0.4, 0.5) is 0 Å². The molecule has 1 N–H and O–H groups in total. The number of rotatable bonds is 7. The third-order valence-electron chi connectivity index (χ3n) is 2.13. The maximum Gasteiger partial charge on any atom is 0.256 e. The van der Waals surface area contributed by atoms with E-state index >= 15 is 0 Å². The highest BCUT2D eigenvalue weighted by atomic mass is 16.5. The summed E-state index contributed by atoms with van der Waals surface area (Å²) in [5.74, 6) is 1.13. The highest BCUT2D eigenvalue weighted by Crippen LogP contribution is 1.96. The normalized spacial score (nSPS) is 10.1. The molecule has 1 rings (SSSR count). The van der Waals surface area contributed by atoms with Gasteiger partial charge in [-0.3, -0.25) is 0 Å². The Morgan fingerprint density at radius 3 is 3.20 bits per heavy atom. The van der Waals surface area contributed by atoms with Gasteiger partial charge in [-0.25, -0.2) is 9.55 Å². The first-order valence-electron chi connectivity index (χ1n) is 5.39. The SMILES string of the molecule is CCCOC[n+]1cc[nH]c1CCCC#N. The van der Waals surface area contributed by atoms with Crippen LogP contribution >= 0.6 is 0 Å². The molecule has 0 fully saturated rings. The van der Waals surface area contributed by atoms with Gasteiger partial charge in [0.1, 0.15) is 12.4 Å². The van der Waals surface area contributed by atoms with E-state index in [0.29, 0.717) is 13.2 Å². The molecule has 0 aliphatic rings. The molecule has 1 heterocycles. The zero-order valence-electron chi connectivity index (χ0n) is 9.20. The Hall–Kier alpha value is -1.34. The first-order valence-corrected chi connectivity index (χ1v) is 5.39. The van der Waals surface area contributed by atoms with Crippen LogP contribution in [-0.2, 0) is 17.9 Å². The van der Waals surface area contributed by atoms with Gasteiger partial charge < -0.3 is 4.74 Å². The standard InChI is InChI=1S/C11H17N3O/c1-2-9-15-10-14-8-7-13-11(14)5-3-4-6-12/h7-8H,2-5,9-10H2,1H3/p+1. The van der Waals surface area contributed by atoms with E-state index in [9.17, 15) is 0 Å². The molecule has 0 saturated heterocycles. The van der Waals surface area contributed by atoms with Crippen molar-refractivity contribution >= 4 is 0 Å². The number of nitrogens with one attached hydrogen (secondary N) is 1. The first-order chi connectivity index (χ1) is 7.38. The lowest BCUT2D eigenvalue weighted by Gasteiger charge is -2.01. The van der Waals surface area contributed by atoms with E-state index in [2.05, 4.69) is 18.0 Å². The number of aromatic amines is 1. The zero-order chi connectivity index (χ0) is 10.9. The quantitative estimate of drug-likeness (QED) is 0.545. The molecule has 0 unspecified atom stereocenters. The predicted octanol–water partition coefficient (Wildman–Crippen LogP) is 1.53. The van der Waals surface area contributed by atoms with Crippen LogP contribution in [0.25, 0.3) is 0 Å². The number of H-pyrrole nitrogens is 1. The molecule has 0 aromatic carbocycles. The Bertz CT molecular complexity index is 314. The predicted molar refractivity (Wildman–Crippen MR) is 55.8 cm³/mol. The van der Waals surface area contributed by atoms with Crippen molar-refractivity contribution in [2.45, 2.75) is 39.3 Å². The van der Waals surface area contributed by atoms with Gasteiger partial charge in [0, 0.05) is 6.42 Å². The number of nitriles is 1. The fourth-order valence-corrected chi connectivity index (χ4v) is 1.38. The molecule has 0 atom stereocenters. The van der Waals surface area contributed by atoms with Crippen molar-refractivity contribution in [3.05, 3.63) is 18.2 Å². The molecule has 1 aromatic heterocycles. The molecule has 0 aliphatic carbocycles. The summed E-state index contributed by atoms with van der Waals surface area (Å²) in [4.78, 5) is 3.17. The molecule has 1 aromatic rings. The van der Waals surface area contributed by atoms with Gasteiger partial charge in [0.15, 0.2) is 6.73 Å². The van der Waals surface area contributed by atoms with E-state index in [0.717, 1.165) is 31.7 Å². The minimum Gasteiger partial charge on any atom is -0.342 e. The summed E-state index contributed by atoms with van der Waals surface area (Å²) in [6.45, 7) is 3.48. The van der Waals surface area contributed by atoms with E-state index in [1.165, 1.54) is 0 Å². The number of aromatic nitrogens is 2. The molecule has 15 heavy (non-hydrogen) atoms. The van der Waals surface area contributed by atoms with Gasteiger partial charge in [0.25, 0.3) is 5.82 Å². The number of ether oxygens (including phenoxy) is 1. The number of unbranched alkanes of at least 4 members (excludes halogenated alkanes) is 1. The lowest BCUT2D eigenvalue weighted by molar-refractivity contribution is -0.738. The van der Waals surface area contributed by atoms with Crippen molar-refractivity contribution < 1.29 is 9.30 Å². The van der Waals surface area contributed by atoms with Crippen LogP contribution in [0.1, 0.15) is 32.0 Å². The molecule has 0 aliphatic heterocycles. The second-order valence-electron chi connectivity index (χ2n) is 3.43. The van der Waals surface area contributed by atoms with Crippen LogP contribution in [-0.4, -0.2) is 11.6 Å².